The van der Waals surface area contributed by atoms with Gasteiger partial charge in [0, 0.05) is 44.1 Å². The molecule has 0 aliphatic carbocycles. The third kappa shape index (κ3) is 4.91. The number of rotatable bonds is 6. The summed E-state index contributed by atoms with van der Waals surface area (Å²) >= 11 is 6.18. The number of hydrogen-bond donors (Lipinski definition) is 1. The summed E-state index contributed by atoms with van der Waals surface area (Å²) in [4.78, 5) is 11.1. The molecule has 2 aromatic rings. The van der Waals surface area contributed by atoms with Crippen LogP contribution in [0.3, 0.4) is 0 Å². The molecule has 3 heterocycles. The van der Waals surface area contributed by atoms with E-state index in [1.165, 1.54) is 0 Å². The van der Waals surface area contributed by atoms with Gasteiger partial charge in [0.1, 0.15) is 5.02 Å². The van der Waals surface area contributed by atoms with Crippen molar-refractivity contribution in [3.8, 4) is 5.88 Å². The molecule has 25 heavy (non-hydrogen) atoms. The van der Waals surface area contributed by atoms with Crippen molar-refractivity contribution in [2.75, 3.05) is 20.2 Å². The van der Waals surface area contributed by atoms with Gasteiger partial charge in [-0.3, -0.25) is 9.88 Å². The summed E-state index contributed by atoms with van der Waals surface area (Å²) < 4.78 is 5.12. The molecule has 0 aromatic carbocycles. The monoisotopic (exact) mass is 360 g/mol. The molecule has 1 aliphatic heterocycles. The number of nitrogens with one attached hydrogen (secondary N) is 1. The fourth-order valence-electron chi connectivity index (χ4n) is 3.26. The van der Waals surface area contributed by atoms with E-state index in [-0.39, 0.29) is 6.04 Å². The number of nitrogens with zero attached hydrogens (tertiary/aromatic N) is 3. The van der Waals surface area contributed by atoms with E-state index in [1.807, 2.05) is 30.6 Å². The molecule has 1 fully saturated rings. The number of likely N-dealkylation sites (tertiary alicyclic amines) is 1. The zero-order chi connectivity index (χ0) is 17.6. The van der Waals surface area contributed by atoms with E-state index < -0.39 is 0 Å². The van der Waals surface area contributed by atoms with Gasteiger partial charge in [-0.1, -0.05) is 17.7 Å². The second-order valence-corrected chi connectivity index (χ2v) is 6.93. The van der Waals surface area contributed by atoms with Crippen molar-refractivity contribution >= 4 is 11.6 Å². The Kier molecular flexibility index (Phi) is 6.24. The highest BCUT2D eigenvalue weighted by Gasteiger charge is 2.21. The summed E-state index contributed by atoms with van der Waals surface area (Å²) in [6.07, 6.45) is 5.96. The molecule has 2 aromatic heterocycles. The van der Waals surface area contributed by atoms with Crippen LogP contribution < -0.4 is 10.1 Å². The minimum atomic E-state index is 0.211. The summed E-state index contributed by atoms with van der Waals surface area (Å²) in [5.41, 5.74) is 2.22. The third-order valence-corrected chi connectivity index (χ3v) is 4.98. The van der Waals surface area contributed by atoms with Crippen LogP contribution in [-0.4, -0.2) is 41.1 Å². The van der Waals surface area contributed by atoms with Crippen LogP contribution in [0.1, 0.15) is 37.1 Å². The molecular weight excluding hydrogens is 336 g/mol. The van der Waals surface area contributed by atoms with Gasteiger partial charge in [0.25, 0.3) is 0 Å². The number of methoxy groups -OCH3 is 1. The molecule has 1 unspecified atom stereocenters. The van der Waals surface area contributed by atoms with Crippen molar-refractivity contribution in [3.05, 3.63) is 52.9 Å². The number of piperidine rings is 1. The second kappa shape index (κ2) is 8.61. The Hall–Kier alpha value is -1.69. The number of hydrogen-bond acceptors (Lipinski definition) is 5. The lowest BCUT2D eigenvalue weighted by Crippen LogP contribution is -2.43. The molecule has 134 valence electrons. The number of halogens is 1. The third-order valence-electron chi connectivity index (χ3n) is 4.71. The molecule has 0 saturated carbocycles. The fourth-order valence-corrected chi connectivity index (χ4v) is 3.51. The molecule has 0 bridgehead atoms. The van der Waals surface area contributed by atoms with Gasteiger partial charge in [-0.15, -0.1) is 0 Å². The molecule has 0 spiro atoms. The Labute approximate surface area is 154 Å². The number of aromatic nitrogens is 2. The maximum absolute atomic E-state index is 6.18. The SMILES string of the molecule is COc1ncc(C(C)NC2CCN(Cc3ccccn3)CC2)cc1Cl. The standard InChI is InChI=1S/C19H25ClN4O/c1-14(15-11-18(20)19(25-2)22-12-15)23-16-6-9-24(10-7-16)13-17-5-3-4-8-21-17/h3-5,8,11-12,14,16,23H,6-7,9-10,13H2,1-2H3. The molecule has 5 nitrogen and oxygen atoms in total. The first kappa shape index (κ1) is 18.1. The van der Waals surface area contributed by atoms with Gasteiger partial charge in [0.05, 0.1) is 12.8 Å². The Morgan fingerprint density at radius 3 is 2.76 bits per heavy atom. The highest BCUT2D eigenvalue weighted by molar-refractivity contribution is 6.31. The Morgan fingerprint density at radius 2 is 2.12 bits per heavy atom. The van der Waals surface area contributed by atoms with Crippen LogP contribution in [0.15, 0.2) is 36.7 Å². The van der Waals surface area contributed by atoms with Crippen molar-refractivity contribution < 1.29 is 4.74 Å². The summed E-state index contributed by atoms with van der Waals surface area (Å²) in [7, 11) is 1.58. The fraction of sp³-hybridized carbons (Fsp3) is 0.474. The van der Waals surface area contributed by atoms with Crippen LogP contribution in [-0.2, 0) is 6.54 Å². The van der Waals surface area contributed by atoms with E-state index in [4.69, 9.17) is 16.3 Å². The normalized spacial score (nSPS) is 17.4. The molecule has 3 rings (SSSR count). The Balaban J connectivity index is 1.49. The van der Waals surface area contributed by atoms with E-state index in [2.05, 4.69) is 33.2 Å². The van der Waals surface area contributed by atoms with Crippen molar-refractivity contribution in [1.82, 2.24) is 20.2 Å². The van der Waals surface area contributed by atoms with Gasteiger partial charge >= 0.3 is 0 Å². The van der Waals surface area contributed by atoms with E-state index in [0.29, 0.717) is 16.9 Å². The maximum Gasteiger partial charge on any atom is 0.232 e. The molecule has 6 heteroatoms. The van der Waals surface area contributed by atoms with E-state index in [1.54, 1.807) is 7.11 Å². The topological polar surface area (TPSA) is 50.3 Å². The highest BCUT2D eigenvalue weighted by Crippen LogP contribution is 2.25. The smallest absolute Gasteiger partial charge is 0.232 e. The first-order valence-corrected chi connectivity index (χ1v) is 9.11. The van der Waals surface area contributed by atoms with Gasteiger partial charge in [0.2, 0.25) is 5.88 Å². The summed E-state index contributed by atoms with van der Waals surface area (Å²) in [6.45, 7) is 5.26. The average molecular weight is 361 g/mol. The van der Waals surface area contributed by atoms with Crippen LogP contribution in [0, 0.1) is 0 Å². The second-order valence-electron chi connectivity index (χ2n) is 6.52. The van der Waals surface area contributed by atoms with Gasteiger partial charge < -0.3 is 10.1 Å². The quantitative estimate of drug-likeness (QED) is 0.855. The predicted octanol–water partition coefficient (Wildman–Crippen LogP) is 3.45. The maximum atomic E-state index is 6.18. The van der Waals surface area contributed by atoms with E-state index in [0.717, 1.165) is 43.7 Å². The van der Waals surface area contributed by atoms with Gasteiger partial charge in [-0.2, -0.15) is 0 Å². The Bertz CT molecular complexity index is 674. The minimum absolute atomic E-state index is 0.211. The lowest BCUT2D eigenvalue weighted by molar-refractivity contribution is 0.183. The van der Waals surface area contributed by atoms with Crippen molar-refractivity contribution in [2.45, 2.75) is 38.4 Å². The minimum Gasteiger partial charge on any atom is -0.480 e. The first-order chi connectivity index (χ1) is 12.2. The zero-order valence-electron chi connectivity index (χ0n) is 14.8. The van der Waals surface area contributed by atoms with Crippen LogP contribution in [0.4, 0.5) is 0 Å². The summed E-state index contributed by atoms with van der Waals surface area (Å²) in [6, 6.07) is 8.75. The average Bonchev–Trinajstić information content (AvgIpc) is 2.64. The van der Waals surface area contributed by atoms with Crippen molar-refractivity contribution in [2.24, 2.45) is 0 Å². The molecule has 0 radical (unpaired) electrons. The van der Waals surface area contributed by atoms with Gasteiger partial charge in [-0.05, 0) is 43.5 Å². The zero-order valence-corrected chi connectivity index (χ0v) is 15.5. The van der Waals surface area contributed by atoms with Crippen LogP contribution in [0.25, 0.3) is 0 Å². The van der Waals surface area contributed by atoms with Crippen molar-refractivity contribution in [3.63, 3.8) is 0 Å². The van der Waals surface area contributed by atoms with Gasteiger partial charge in [-0.25, -0.2) is 4.98 Å². The highest BCUT2D eigenvalue weighted by atomic mass is 35.5. The molecule has 1 N–H and O–H groups in total. The van der Waals surface area contributed by atoms with E-state index >= 15 is 0 Å². The predicted molar refractivity (Wildman–Crippen MR) is 99.9 cm³/mol. The van der Waals surface area contributed by atoms with Gasteiger partial charge in [0.15, 0.2) is 0 Å². The summed E-state index contributed by atoms with van der Waals surface area (Å²) in [5.74, 6) is 0.473. The largest absolute Gasteiger partial charge is 0.480 e. The summed E-state index contributed by atoms with van der Waals surface area (Å²) in [5, 5.41) is 4.26. The first-order valence-electron chi connectivity index (χ1n) is 8.73. The molecule has 1 saturated heterocycles. The van der Waals surface area contributed by atoms with Crippen LogP contribution in [0.2, 0.25) is 5.02 Å². The molecule has 1 atom stereocenters. The molecule has 1 aliphatic rings. The number of pyridine rings is 2. The van der Waals surface area contributed by atoms with Crippen LogP contribution in [0.5, 0.6) is 5.88 Å². The van der Waals surface area contributed by atoms with Crippen LogP contribution >= 0.6 is 11.6 Å². The molecular formula is C19H25ClN4O. The lowest BCUT2D eigenvalue weighted by atomic mass is 10.0. The number of ether oxygens (including phenoxy) is 1. The van der Waals surface area contributed by atoms with Crippen molar-refractivity contribution in [1.29, 1.82) is 0 Å². The molecule has 0 amide bonds. The lowest BCUT2D eigenvalue weighted by Gasteiger charge is -2.33. The van der Waals surface area contributed by atoms with E-state index in [9.17, 15) is 0 Å². The Morgan fingerprint density at radius 1 is 1.32 bits per heavy atom.